The van der Waals surface area contributed by atoms with Gasteiger partial charge in [0, 0.05) is 12.6 Å². The molecule has 2 aliphatic heterocycles. The van der Waals surface area contributed by atoms with Crippen LogP contribution >= 0.6 is 0 Å². The van der Waals surface area contributed by atoms with E-state index in [4.69, 9.17) is 4.74 Å². The highest BCUT2D eigenvalue weighted by Crippen LogP contribution is 2.30. The second kappa shape index (κ2) is 5.23. The third-order valence-electron chi connectivity index (χ3n) is 4.51. The molecule has 1 aromatic rings. The van der Waals surface area contributed by atoms with Crippen molar-refractivity contribution >= 4 is 0 Å². The number of ether oxygens (including phenoxy) is 1. The van der Waals surface area contributed by atoms with Crippen LogP contribution < -0.4 is 0 Å². The molecule has 1 N–H and O–H groups in total. The number of hydrogen-bond donors (Lipinski definition) is 1. The van der Waals surface area contributed by atoms with E-state index in [1.165, 1.54) is 18.4 Å². The Morgan fingerprint density at radius 2 is 2.21 bits per heavy atom. The molecule has 3 atom stereocenters. The van der Waals surface area contributed by atoms with Gasteiger partial charge in [-0.05, 0) is 44.4 Å². The van der Waals surface area contributed by atoms with Crippen molar-refractivity contribution in [2.45, 2.75) is 44.9 Å². The number of aryl methyl sites for hydroxylation is 2. The molecule has 0 saturated carbocycles. The summed E-state index contributed by atoms with van der Waals surface area (Å²) in [6.07, 6.45) is 1.91. The van der Waals surface area contributed by atoms with Gasteiger partial charge >= 0.3 is 0 Å². The lowest BCUT2D eigenvalue weighted by atomic mass is 9.96. The van der Waals surface area contributed by atoms with E-state index in [1.807, 2.05) is 6.07 Å². The van der Waals surface area contributed by atoms with Crippen LogP contribution in [0.4, 0.5) is 0 Å². The Hall–Kier alpha value is -0.900. The van der Waals surface area contributed by atoms with E-state index in [0.29, 0.717) is 6.04 Å². The molecule has 2 aliphatic rings. The Balaban J connectivity index is 1.74. The highest BCUT2D eigenvalue weighted by atomic mass is 16.5. The van der Waals surface area contributed by atoms with Crippen LogP contribution in [0.3, 0.4) is 0 Å². The fourth-order valence-corrected chi connectivity index (χ4v) is 3.39. The first-order valence-electron chi connectivity index (χ1n) is 7.26. The van der Waals surface area contributed by atoms with Crippen molar-refractivity contribution in [2.24, 2.45) is 0 Å². The third kappa shape index (κ3) is 2.55. The molecule has 0 aliphatic carbocycles. The van der Waals surface area contributed by atoms with Gasteiger partial charge in [0.2, 0.25) is 0 Å². The number of nitrogens with zero attached hydrogens (tertiary/aromatic N) is 1. The molecular formula is C16H23NO2. The second-order valence-corrected chi connectivity index (χ2v) is 5.97. The third-order valence-corrected chi connectivity index (χ3v) is 4.51. The SMILES string of the molecule is Cc1ccc(C(O)C2CN3CCCC3CO2)c(C)c1. The van der Waals surface area contributed by atoms with Gasteiger partial charge in [-0.2, -0.15) is 0 Å². The Bertz CT molecular complexity index is 460. The molecule has 1 aromatic carbocycles. The van der Waals surface area contributed by atoms with E-state index < -0.39 is 6.10 Å². The molecule has 3 rings (SSSR count). The number of fused-ring (bicyclic) bond motifs is 1. The molecule has 0 radical (unpaired) electrons. The second-order valence-electron chi connectivity index (χ2n) is 5.97. The maximum atomic E-state index is 10.6. The summed E-state index contributed by atoms with van der Waals surface area (Å²) in [6, 6.07) is 6.81. The first kappa shape index (κ1) is 13.1. The molecule has 0 aromatic heterocycles. The first-order chi connectivity index (χ1) is 9.15. The van der Waals surface area contributed by atoms with Gasteiger partial charge in [-0.1, -0.05) is 23.8 Å². The Kier molecular flexibility index (Phi) is 3.61. The van der Waals surface area contributed by atoms with E-state index >= 15 is 0 Å². The Morgan fingerprint density at radius 1 is 1.37 bits per heavy atom. The molecule has 104 valence electrons. The Labute approximate surface area is 115 Å². The van der Waals surface area contributed by atoms with Crippen LogP contribution in [0, 0.1) is 13.8 Å². The van der Waals surface area contributed by atoms with Crippen molar-refractivity contribution in [1.29, 1.82) is 0 Å². The molecule has 2 heterocycles. The first-order valence-corrected chi connectivity index (χ1v) is 7.26. The number of benzene rings is 1. The Morgan fingerprint density at radius 3 is 3.00 bits per heavy atom. The zero-order chi connectivity index (χ0) is 13.4. The molecule has 2 fully saturated rings. The molecule has 19 heavy (non-hydrogen) atoms. The van der Waals surface area contributed by atoms with Crippen LogP contribution in [-0.4, -0.2) is 41.8 Å². The van der Waals surface area contributed by atoms with Crippen molar-refractivity contribution in [3.05, 3.63) is 34.9 Å². The summed E-state index contributed by atoms with van der Waals surface area (Å²) in [5.74, 6) is 0. The van der Waals surface area contributed by atoms with Crippen molar-refractivity contribution in [2.75, 3.05) is 19.7 Å². The summed E-state index contributed by atoms with van der Waals surface area (Å²) >= 11 is 0. The number of hydrogen-bond acceptors (Lipinski definition) is 3. The standard InChI is InChI=1S/C16H23NO2/c1-11-5-6-14(12(2)8-11)16(18)15-9-17-7-3-4-13(17)10-19-15/h5-6,8,13,15-16,18H,3-4,7,9-10H2,1-2H3. The van der Waals surface area contributed by atoms with E-state index in [1.54, 1.807) is 0 Å². The van der Waals surface area contributed by atoms with E-state index in [0.717, 1.165) is 30.8 Å². The maximum Gasteiger partial charge on any atom is 0.107 e. The fourth-order valence-electron chi connectivity index (χ4n) is 3.39. The van der Waals surface area contributed by atoms with Crippen molar-refractivity contribution < 1.29 is 9.84 Å². The summed E-state index contributed by atoms with van der Waals surface area (Å²) in [4.78, 5) is 2.47. The van der Waals surface area contributed by atoms with Gasteiger partial charge in [-0.15, -0.1) is 0 Å². The zero-order valence-electron chi connectivity index (χ0n) is 11.8. The van der Waals surface area contributed by atoms with Crippen LogP contribution in [0.1, 0.15) is 35.6 Å². The molecule has 0 spiro atoms. The number of morpholine rings is 1. The number of rotatable bonds is 2. The molecule has 3 nitrogen and oxygen atoms in total. The largest absolute Gasteiger partial charge is 0.386 e. The average Bonchev–Trinajstić information content (AvgIpc) is 2.85. The quantitative estimate of drug-likeness (QED) is 0.886. The van der Waals surface area contributed by atoms with Crippen molar-refractivity contribution in [3.8, 4) is 0 Å². The van der Waals surface area contributed by atoms with Gasteiger partial charge in [-0.25, -0.2) is 0 Å². The van der Waals surface area contributed by atoms with Gasteiger partial charge in [0.25, 0.3) is 0 Å². The molecular weight excluding hydrogens is 238 g/mol. The van der Waals surface area contributed by atoms with Crippen molar-refractivity contribution in [1.82, 2.24) is 4.90 Å². The van der Waals surface area contributed by atoms with Gasteiger partial charge in [0.15, 0.2) is 0 Å². The van der Waals surface area contributed by atoms with Crippen LogP contribution in [0.5, 0.6) is 0 Å². The topological polar surface area (TPSA) is 32.7 Å². The highest BCUT2D eigenvalue weighted by Gasteiger charge is 2.35. The molecule has 3 unspecified atom stereocenters. The summed E-state index contributed by atoms with van der Waals surface area (Å²) in [7, 11) is 0. The summed E-state index contributed by atoms with van der Waals surface area (Å²) in [6.45, 7) is 6.93. The van der Waals surface area contributed by atoms with Gasteiger partial charge in [0.1, 0.15) is 12.2 Å². The minimum absolute atomic E-state index is 0.0873. The fraction of sp³-hybridized carbons (Fsp3) is 0.625. The maximum absolute atomic E-state index is 10.6. The number of aliphatic hydroxyl groups excluding tert-OH is 1. The van der Waals surface area contributed by atoms with Crippen LogP contribution in [-0.2, 0) is 4.74 Å². The lowest BCUT2D eigenvalue weighted by Crippen LogP contribution is -2.48. The average molecular weight is 261 g/mol. The van der Waals surface area contributed by atoms with Crippen molar-refractivity contribution in [3.63, 3.8) is 0 Å². The summed E-state index contributed by atoms with van der Waals surface area (Å²) < 4.78 is 5.90. The van der Waals surface area contributed by atoms with Gasteiger partial charge < -0.3 is 9.84 Å². The van der Waals surface area contributed by atoms with Gasteiger partial charge in [-0.3, -0.25) is 4.90 Å². The van der Waals surface area contributed by atoms with Crippen LogP contribution in [0.25, 0.3) is 0 Å². The minimum Gasteiger partial charge on any atom is -0.386 e. The number of aliphatic hydroxyl groups is 1. The molecule has 3 heteroatoms. The van der Waals surface area contributed by atoms with Crippen LogP contribution in [0.2, 0.25) is 0 Å². The lowest BCUT2D eigenvalue weighted by Gasteiger charge is -2.37. The predicted molar refractivity (Wildman–Crippen MR) is 75.2 cm³/mol. The predicted octanol–water partition coefficient (Wildman–Crippen LogP) is 2.20. The van der Waals surface area contributed by atoms with Crippen LogP contribution in [0.15, 0.2) is 18.2 Å². The summed E-state index contributed by atoms with van der Waals surface area (Å²) in [5.41, 5.74) is 3.39. The molecule has 0 amide bonds. The zero-order valence-corrected chi connectivity index (χ0v) is 11.8. The molecule has 2 saturated heterocycles. The minimum atomic E-state index is -0.512. The highest BCUT2D eigenvalue weighted by molar-refractivity contribution is 5.32. The van der Waals surface area contributed by atoms with E-state index in [9.17, 15) is 5.11 Å². The smallest absolute Gasteiger partial charge is 0.107 e. The molecule has 0 bridgehead atoms. The lowest BCUT2D eigenvalue weighted by molar-refractivity contribution is -0.103. The normalized spacial score (nSPS) is 29.2. The summed E-state index contributed by atoms with van der Waals surface area (Å²) in [5, 5.41) is 10.6. The van der Waals surface area contributed by atoms with E-state index in [-0.39, 0.29) is 6.10 Å². The van der Waals surface area contributed by atoms with Gasteiger partial charge in [0.05, 0.1) is 6.61 Å². The van der Waals surface area contributed by atoms with E-state index in [2.05, 4.69) is 30.9 Å². The monoisotopic (exact) mass is 261 g/mol.